The Balaban J connectivity index is 1.95. The number of carbonyl (C=O) groups is 3. The second-order valence-corrected chi connectivity index (χ2v) is 6.06. The van der Waals surface area contributed by atoms with Gasteiger partial charge in [0, 0.05) is 11.3 Å². The summed E-state index contributed by atoms with van der Waals surface area (Å²) >= 11 is 0. The molecule has 0 aromatic heterocycles. The third kappa shape index (κ3) is 5.97. The van der Waals surface area contributed by atoms with E-state index in [1.165, 1.54) is 28.3 Å². The lowest BCUT2D eigenvalue weighted by atomic mass is 10.1. The minimum absolute atomic E-state index is 0.0795. The zero-order valence-corrected chi connectivity index (χ0v) is 16.7. The van der Waals surface area contributed by atoms with Gasteiger partial charge in [-0.2, -0.15) is 0 Å². The molecule has 2 rings (SSSR count). The van der Waals surface area contributed by atoms with Crippen LogP contribution in [0.1, 0.15) is 22.8 Å². The fraction of sp³-hybridized carbons (Fsp3) is 0.286. The molecule has 2 aromatic carbocycles. The number of hydrogen-bond acceptors (Lipinski definition) is 7. The molecule has 8 nitrogen and oxygen atoms in total. The molecule has 0 saturated heterocycles. The van der Waals surface area contributed by atoms with E-state index in [1.54, 1.807) is 36.4 Å². The lowest BCUT2D eigenvalue weighted by molar-refractivity contribution is -0.146. The first-order chi connectivity index (χ1) is 13.9. The Kier molecular flexibility index (Phi) is 7.59. The van der Waals surface area contributed by atoms with E-state index in [1.807, 2.05) is 0 Å². The zero-order valence-electron chi connectivity index (χ0n) is 16.7. The van der Waals surface area contributed by atoms with Crippen LogP contribution in [-0.4, -0.2) is 45.6 Å². The van der Waals surface area contributed by atoms with Gasteiger partial charge in [0.25, 0.3) is 5.91 Å². The fourth-order valence-corrected chi connectivity index (χ4v) is 2.61. The lowest BCUT2D eigenvalue weighted by Crippen LogP contribution is -2.21. The van der Waals surface area contributed by atoms with Crippen LogP contribution >= 0.6 is 0 Å². The molecule has 0 saturated carbocycles. The number of ketones is 1. The molecule has 1 N–H and O–H groups in total. The highest BCUT2D eigenvalue weighted by Crippen LogP contribution is 2.38. The van der Waals surface area contributed by atoms with Gasteiger partial charge in [0.15, 0.2) is 23.9 Å². The minimum atomic E-state index is -0.591. The van der Waals surface area contributed by atoms with E-state index in [0.29, 0.717) is 34.1 Å². The molecule has 0 bridgehead atoms. The number of amides is 1. The van der Waals surface area contributed by atoms with Crippen molar-refractivity contribution in [3.05, 3.63) is 47.5 Å². The second kappa shape index (κ2) is 10.1. The molecule has 0 heterocycles. The number of esters is 1. The average Bonchev–Trinajstić information content (AvgIpc) is 2.71. The molecule has 0 spiro atoms. The van der Waals surface area contributed by atoms with Gasteiger partial charge in [0.1, 0.15) is 0 Å². The van der Waals surface area contributed by atoms with E-state index >= 15 is 0 Å². The van der Waals surface area contributed by atoms with Gasteiger partial charge >= 0.3 is 5.97 Å². The molecule has 0 aliphatic carbocycles. The van der Waals surface area contributed by atoms with Crippen LogP contribution in [0.3, 0.4) is 0 Å². The molecular formula is C21H23NO7. The molecule has 0 radical (unpaired) electrons. The van der Waals surface area contributed by atoms with Gasteiger partial charge in [-0.3, -0.25) is 14.4 Å². The number of benzene rings is 2. The molecular weight excluding hydrogens is 378 g/mol. The number of Topliss-reactive ketones (excluding diaryl/α,β-unsaturated/α-hetero) is 1. The summed E-state index contributed by atoms with van der Waals surface area (Å²) in [7, 11) is 4.44. The van der Waals surface area contributed by atoms with Gasteiger partial charge in [-0.25, -0.2) is 0 Å². The summed E-state index contributed by atoms with van der Waals surface area (Å²) in [5.74, 6) is 0.0310. The van der Waals surface area contributed by atoms with Crippen molar-refractivity contribution in [3.8, 4) is 17.2 Å². The largest absolute Gasteiger partial charge is 0.493 e. The third-order valence-corrected chi connectivity index (χ3v) is 3.99. The molecule has 2 aromatic rings. The molecule has 0 aliphatic rings. The van der Waals surface area contributed by atoms with Crippen LogP contribution in [0.5, 0.6) is 17.2 Å². The maximum Gasteiger partial charge on any atom is 0.310 e. The quantitative estimate of drug-likeness (QED) is 0.509. The second-order valence-electron chi connectivity index (χ2n) is 6.06. The Hall–Kier alpha value is -3.55. The predicted molar refractivity (Wildman–Crippen MR) is 106 cm³/mol. The SMILES string of the molecule is COc1cc(CC(=O)OCC(=O)Nc2cccc(C(C)=O)c2)cc(OC)c1OC. The fourth-order valence-electron chi connectivity index (χ4n) is 2.61. The Labute approximate surface area is 168 Å². The van der Waals surface area contributed by atoms with Crippen LogP contribution in [-0.2, 0) is 20.7 Å². The normalized spacial score (nSPS) is 10.1. The average molecular weight is 401 g/mol. The highest BCUT2D eigenvalue weighted by atomic mass is 16.5. The van der Waals surface area contributed by atoms with Crippen molar-refractivity contribution in [1.82, 2.24) is 0 Å². The molecule has 0 unspecified atom stereocenters. The first-order valence-corrected chi connectivity index (χ1v) is 8.73. The van der Waals surface area contributed by atoms with Crippen LogP contribution < -0.4 is 19.5 Å². The highest BCUT2D eigenvalue weighted by molar-refractivity contribution is 5.97. The Morgan fingerprint density at radius 2 is 1.59 bits per heavy atom. The number of ether oxygens (including phenoxy) is 4. The number of hydrogen-bond donors (Lipinski definition) is 1. The van der Waals surface area contributed by atoms with Gasteiger partial charge in [-0.15, -0.1) is 0 Å². The maximum atomic E-state index is 12.1. The lowest BCUT2D eigenvalue weighted by Gasteiger charge is -2.14. The summed E-state index contributed by atoms with van der Waals surface area (Å²) < 4.78 is 20.8. The molecule has 8 heteroatoms. The van der Waals surface area contributed by atoms with Crippen molar-refractivity contribution in [2.24, 2.45) is 0 Å². The number of methoxy groups -OCH3 is 3. The first kappa shape index (κ1) is 21.7. The Morgan fingerprint density at radius 1 is 0.931 bits per heavy atom. The third-order valence-electron chi connectivity index (χ3n) is 3.99. The summed E-state index contributed by atoms with van der Waals surface area (Å²) in [6.07, 6.45) is -0.0795. The molecule has 29 heavy (non-hydrogen) atoms. The van der Waals surface area contributed by atoms with Crippen molar-refractivity contribution in [2.45, 2.75) is 13.3 Å². The summed E-state index contributed by atoms with van der Waals surface area (Å²) in [6.45, 7) is 0.986. The van der Waals surface area contributed by atoms with Crippen LogP contribution in [0.15, 0.2) is 36.4 Å². The van der Waals surface area contributed by atoms with Crippen molar-refractivity contribution in [3.63, 3.8) is 0 Å². The minimum Gasteiger partial charge on any atom is -0.493 e. The van der Waals surface area contributed by atoms with E-state index in [0.717, 1.165) is 0 Å². The summed E-state index contributed by atoms with van der Waals surface area (Å²) in [5, 5.41) is 2.58. The van der Waals surface area contributed by atoms with Gasteiger partial charge in [0.05, 0.1) is 27.8 Å². The van der Waals surface area contributed by atoms with Crippen LogP contribution in [0.2, 0.25) is 0 Å². The molecule has 154 valence electrons. The van der Waals surface area contributed by atoms with Crippen molar-refractivity contribution < 1.29 is 33.3 Å². The molecule has 0 atom stereocenters. The van der Waals surface area contributed by atoms with E-state index in [2.05, 4.69) is 5.32 Å². The smallest absolute Gasteiger partial charge is 0.310 e. The zero-order chi connectivity index (χ0) is 21.4. The first-order valence-electron chi connectivity index (χ1n) is 8.73. The van der Waals surface area contributed by atoms with E-state index in [4.69, 9.17) is 18.9 Å². The highest BCUT2D eigenvalue weighted by Gasteiger charge is 2.16. The molecule has 0 aliphatic heterocycles. The summed E-state index contributed by atoms with van der Waals surface area (Å²) in [5.41, 5.74) is 1.50. The standard InChI is InChI=1S/C21H23NO7/c1-13(23)15-6-5-7-16(11-15)22-19(24)12-29-20(25)10-14-8-17(26-2)21(28-4)18(9-14)27-3/h5-9,11H,10,12H2,1-4H3,(H,22,24). The maximum absolute atomic E-state index is 12.1. The van der Waals surface area contributed by atoms with Gasteiger partial charge in [-0.1, -0.05) is 12.1 Å². The van der Waals surface area contributed by atoms with Gasteiger partial charge in [-0.05, 0) is 36.8 Å². The predicted octanol–water partition coefficient (Wildman–Crippen LogP) is 2.64. The monoisotopic (exact) mass is 401 g/mol. The summed E-state index contributed by atoms with van der Waals surface area (Å²) in [4.78, 5) is 35.5. The van der Waals surface area contributed by atoms with Crippen molar-refractivity contribution in [2.75, 3.05) is 33.3 Å². The molecule has 0 fully saturated rings. The Morgan fingerprint density at radius 3 is 2.14 bits per heavy atom. The Bertz CT molecular complexity index is 883. The number of anilines is 1. The van der Waals surface area contributed by atoms with Gasteiger partial charge in [0.2, 0.25) is 5.75 Å². The van der Waals surface area contributed by atoms with E-state index in [9.17, 15) is 14.4 Å². The number of carbonyl (C=O) groups excluding carboxylic acids is 3. The van der Waals surface area contributed by atoms with Crippen LogP contribution in [0.4, 0.5) is 5.69 Å². The topological polar surface area (TPSA) is 100 Å². The van der Waals surface area contributed by atoms with Gasteiger partial charge < -0.3 is 24.3 Å². The number of nitrogens with one attached hydrogen (secondary N) is 1. The van der Waals surface area contributed by atoms with E-state index < -0.39 is 18.5 Å². The van der Waals surface area contributed by atoms with Crippen molar-refractivity contribution in [1.29, 1.82) is 0 Å². The molecule has 1 amide bonds. The van der Waals surface area contributed by atoms with Crippen molar-refractivity contribution >= 4 is 23.3 Å². The van der Waals surface area contributed by atoms with Crippen LogP contribution in [0, 0.1) is 0 Å². The summed E-state index contributed by atoms with van der Waals surface area (Å²) in [6, 6.07) is 9.77. The number of rotatable bonds is 9. The van der Waals surface area contributed by atoms with Crippen LogP contribution in [0.25, 0.3) is 0 Å². The van der Waals surface area contributed by atoms with E-state index in [-0.39, 0.29) is 12.2 Å².